The van der Waals surface area contributed by atoms with Crippen LogP contribution in [0.1, 0.15) is 20.2 Å². The van der Waals surface area contributed by atoms with Crippen LogP contribution in [0.5, 0.6) is 5.75 Å². The van der Waals surface area contributed by atoms with Gasteiger partial charge in [-0.25, -0.2) is 4.98 Å². The van der Waals surface area contributed by atoms with E-state index in [4.69, 9.17) is 4.74 Å². The van der Waals surface area contributed by atoms with E-state index in [0.29, 0.717) is 33.6 Å². The molecule has 0 unspecified atom stereocenters. The maximum Gasteiger partial charge on any atom is 0.268 e. The molecule has 2 amide bonds. The summed E-state index contributed by atoms with van der Waals surface area (Å²) in [6, 6.07) is 26.4. The number of hydrogen-bond acceptors (Lipinski definition) is 5. The van der Waals surface area contributed by atoms with Crippen LogP contribution in [-0.4, -0.2) is 23.9 Å². The van der Waals surface area contributed by atoms with Crippen LogP contribution >= 0.6 is 11.3 Å². The van der Waals surface area contributed by atoms with E-state index in [2.05, 4.69) is 15.6 Å². The molecule has 33 heavy (non-hydrogen) atoms. The van der Waals surface area contributed by atoms with Gasteiger partial charge >= 0.3 is 0 Å². The number of nitrogens with zero attached hydrogens (tertiary/aromatic N) is 1. The van der Waals surface area contributed by atoms with E-state index >= 15 is 0 Å². The molecule has 0 atom stereocenters. The molecule has 4 rings (SSSR count). The lowest BCUT2D eigenvalue weighted by Gasteiger charge is -2.07. The molecular weight excluding hydrogens is 434 g/mol. The second-order valence-electron chi connectivity index (χ2n) is 7.28. The maximum absolute atomic E-state index is 13.1. The normalized spacial score (nSPS) is 10.5. The first-order valence-corrected chi connectivity index (χ1v) is 11.2. The zero-order valence-electron chi connectivity index (χ0n) is 18.1. The van der Waals surface area contributed by atoms with Crippen molar-refractivity contribution in [2.24, 2.45) is 0 Å². The molecular formula is C26H23N3O3S. The Morgan fingerprint density at radius 1 is 0.939 bits per heavy atom. The van der Waals surface area contributed by atoms with Gasteiger partial charge in [0.2, 0.25) is 5.91 Å². The molecule has 0 spiro atoms. The molecule has 0 saturated carbocycles. The Hall–Kier alpha value is -3.97. The second kappa shape index (κ2) is 10.6. The number of ether oxygens (including phenoxy) is 1. The number of nitrogens with one attached hydrogen (secondary N) is 2. The molecule has 0 radical (unpaired) electrons. The average molecular weight is 458 g/mol. The van der Waals surface area contributed by atoms with Gasteiger partial charge in [-0.2, -0.15) is 0 Å². The first-order chi connectivity index (χ1) is 16.1. The number of carbonyl (C=O) groups excluding carboxylic acids is 2. The molecule has 1 aromatic heterocycles. The molecule has 1 heterocycles. The van der Waals surface area contributed by atoms with E-state index in [1.54, 1.807) is 19.2 Å². The fraction of sp³-hybridized carbons (Fsp3) is 0.115. The number of rotatable bonds is 8. The van der Waals surface area contributed by atoms with Crippen molar-refractivity contribution in [2.45, 2.75) is 13.0 Å². The maximum atomic E-state index is 13.1. The Kier molecular flexibility index (Phi) is 7.12. The fourth-order valence-electron chi connectivity index (χ4n) is 3.27. The molecule has 0 aliphatic rings. The van der Waals surface area contributed by atoms with Gasteiger partial charge in [0.15, 0.2) is 0 Å². The fourth-order valence-corrected chi connectivity index (χ4v) is 4.25. The number of aromatic nitrogens is 1. The van der Waals surface area contributed by atoms with Crippen molar-refractivity contribution in [3.8, 4) is 17.0 Å². The SMILES string of the molecule is COc1cccc(NC(=O)c2sc(CC(=O)NCc3ccccc3)nc2-c2ccccc2)c1. The summed E-state index contributed by atoms with van der Waals surface area (Å²) in [5, 5.41) is 6.40. The van der Waals surface area contributed by atoms with Crippen LogP contribution in [0.15, 0.2) is 84.9 Å². The molecule has 4 aromatic rings. The van der Waals surface area contributed by atoms with Crippen LogP contribution in [0.2, 0.25) is 0 Å². The standard InChI is InChI=1S/C26H23N3O3S/c1-32-21-14-8-13-20(15-21)28-26(31)25-24(19-11-6-3-7-12-19)29-23(33-25)16-22(30)27-17-18-9-4-2-5-10-18/h2-15H,16-17H2,1H3,(H,27,30)(H,28,31). The minimum atomic E-state index is -0.282. The molecule has 0 aliphatic carbocycles. The summed E-state index contributed by atoms with van der Waals surface area (Å²) in [6.07, 6.45) is 0.101. The highest BCUT2D eigenvalue weighted by Gasteiger charge is 2.21. The van der Waals surface area contributed by atoms with Gasteiger partial charge < -0.3 is 15.4 Å². The quantitative estimate of drug-likeness (QED) is 0.393. The summed E-state index contributed by atoms with van der Waals surface area (Å²) in [5.41, 5.74) is 3.02. The minimum Gasteiger partial charge on any atom is -0.497 e. The van der Waals surface area contributed by atoms with E-state index in [0.717, 1.165) is 11.1 Å². The number of methoxy groups -OCH3 is 1. The Morgan fingerprint density at radius 2 is 1.67 bits per heavy atom. The monoisotopic (exact) mass is 457 g/mol. The highest BCUT2D eigenvalue weighted by Crippen LogP contribution is 2.30. The van der Waals surface area contributed by atoms with Gasteiger partial charge in [0.1, 0.15) is 15.6 Å². The van der Waals surface area contributed by atoms with Gasteiger partial charge in [0.05, 0.1) is 19.2 Å². The third-order valence-electron chi connectivity index (χ3n) is 4.90. The third kappa shape index (κ3) is 5.84. The summed E-state index contributed by atoms with van der Waals surface area (Å²) in [4.78, 5) is 30.7. The van der Waals surface area contributed by atoms with E-state index in [9.17, 15) is 9.59 Å². The highest BCUT2D eigenvalue weighted by atomic mass is 32.1. The minimum absolute atomic E-state index is 0.101. The summed E-state index contributed by atoms with van der Waals surface area (Å²) >= 11 is 1.23. The van der Waals surface area contributed by atoms with E-state index in [1.165, 1.54) is 11.3 Å². The summed E-state index contributed by atoms with van der Waals surface area (Å²) in [5.74, 6) is 0.221. The van der Waals surface area contributed by atoms with Crippen molar-refractivity contribution >= 4 is 28.8 Å². The lowest BCUT2D eigenvalue weighted by Crippen LogP contribution is -2.24. The van der Waals surface area contributed by atoms with E-state index < -0.39 is 0 Å². The zero-order chi connectivity index (χ0) is 23.0. The summed E-state index contributed by atoms with van der Waals surface area (Å²) in [7, 11) is 1.58. The molecule has 3 aromatic carbocycles. The molecule has 0 fully saturated rings. The lowest BCUT2D eigenvalue weighted by atomic mass is 10.1. The average Bonchev–Trinajstić information content (AvgIpc) is 3.28. The molecule has 166 valence electrons. The van der Waals surface area contributed by atoms with Gasteiger partial charge in [-0.05, 0) is 17.7 Å². The largest absolute Gasteiger partial charge is 0.497 e. The predicted octanol–water partition coefficient (Wildman–Crippen LogP) is 4.93. The van der Waals surface area contributed by atoms with Crippen molar-refractivity contribution < 1.29 is 14.3 Å². The van der Waals surface area contributed by atoms with Gasteiger partial charge in [0, 0.05) is 23.9 Å². The Balaban J connectivity index is 1.54. The number of thiazole rings is 1. The van der Waals surface area contributed by atoms with Crippen LogP contribution in [-0.2, 0) is 17.8 Å². The van der Waals surface area contributed by atoms with Crippen LogP contribution in [0.25, 0.3) is 11.3 Å². The van der Waals surface area contributed by atoms with Crippen molar-refractivity contribution in [3.63, 3.8) is 0 Å². The molecule has 0 saturated heterocycles. The Morgan fingerprint density at radius 3 is 2.39 bits per heavy atom. The first kappa shape index (κ1) is 22.2. The van der Waals surface area contributed by atoms with Gasteiger partial charge in [-0.15, -0.1) is 11.3 Å². The number of amides is 2. The van der Waals surface area contributed by atoms with Gasteiger partial charge in [-0.3, -0.25) is 9.59 Å². The van der Waals surface area contributed by atoms with Crippen LogP contribution in [0.3, 0.4) is 0 Å². The van der Waals surface area contributed by atoms with Crippen molar-refractivity contribution in [1.82, 2.24) is 10.3 Å². The number of benzene rings is 3. The highest BCUT2D eigenvalue weighted by molar-refractivity contribution is 7.14. The van der Waals surface area contributed by atoms with E-state index in [-0.39, 0.29) is 18.2 Å². The first-order valence-electron chi connectivity index (χ1n) is 10.4. The molecule has 0 aliphatic heterocycles. The van der Waals surface area contributed by atoms with Crippen LogP contribution < -0.4 is 15.4 Å². The molecule has 6 nitrogen and oxygen atoms in total. The molecule has 7 heteroatoms. The third-order valence-corrected chi connectivity index (χ3v) is 5.95. The number of carbonyl (C=O) groups is 2. The van der Waals surface area contributed by atoms with Crippen LogP contribution in [0.4, 0.5) is 5.69 Å². The second-order valence-corrected chi connectivity index (χ2v) is 8.36. The van der Waals surface area contributed by atoms with Crippen molar-refractivity contribution in [2.75, 3.05) is 12.4 Å². The topological polar surface area (TPSA) is 80.3 Å². The Labute approximate surface area is 196 Å². The van der Waals surface area contributed by atoms with Gasteiger partial charge in [-0.1, -0.05) is 66.7 Å². The predicted molar refractivity (Wildman–Crippen MR) is 130 cm³/mol. The summed E-state index contributed by atoms with van der Waals surface area (Å²) < 4.78 is 5.23. The van der Waals surface area contributed by atoms with Crippen molar-refractivity contribution in [3.05, 3.63) is 100 Å². The number of hydrogen-bond donors (Lipinski definition) is 2. The van der Waals surface area contributed by atoms with E-state index in [1.807, 2.05) is 72.8 Å². The summed E-state index contributed by atoms with van der Waals surface area (Å²) in [6.45, 7) is 0.444. The molecule has 0 bridgehead atoms. The molecule has 2 N–H and O–H groups in total. The van der Waals surface area contributed by atoms with Gasteiger partial charge in [0.25, 0.3) is 5.91 Å². The lowest BCUT2D eigenvalue weighted by molar-refractivity contribution is -0.120. The smallest absolute Gasteiger partial charge is 0.268 e. The van der Waals surface area contributed by atoms with Crippen LogP contribution in [0, 0.1) is 0 Å². The van der Waals surface area contributed by atoms with Crippen molar-refractivity contribution in [1.29, 1.82) is 0 Å². The Bertz CT molecular complexity index is 1240. The zero-order valence-corrected chi connectivity index (χ0v) is 18.9. The number of anilines is 1.